The number of alkyl halides is 3. The minimum Gasteiger partial charge on any atom is -0.481 e. The Morgan fingerprint density at radius 1 is 1.37 bits per heavy atom. The normalized spacial score (nSPS) is 25.7. The average Bonchev–Trinajstić information content (AvgIpc) is 2.34. The molecule has 3 atom stereocenters. The number of carboxylic acids is 1. The zero-order valence-electron chi connectivity index (χ0n) is 10.7. The minimum atomic E-state index is -4.26. The summed E-state index contributed by atoms with van der Waals surface area (Å²) >= 11 is 0. The molecule has 0 aromatic rings. The lowest BCUT2D eigenvalue weighted by Crippen LogP contribution is -2.39. The van der Waals surface area contributed by atoms with Crippen LogP contribution in [0, 0.1) is 17.8 Å². The van der Waals surface area contributed by atoms with Gasteiger partial charge in [0.15, 0.2) is 0 Å². The SMILES string of the molecule is CC(CNC(=O)C1CCCC(C(F)(F)F)C1)C(=O)O. The number of nitrogens with one attached hydrogen (secondary N) is 1. The summed E-state index contributed by atoms with van der Waals surface area (Å²) in [4.78, 5) is 22.3. The molecule has 0 heterocycles. The van der Waals surface area contributed by atoms with Crippen molar-refractivity contribution in [3.8, 4) is 0 Å². The summed E-state index contributed by atoms with van der Waals surface area (Å²) in [7, 11) is 0. The maximum atomic E-state index is 12.6. The number of carbonyl (C=O) groups is 2. The molecule has 1 saturated carbocycles. The molecule has 110 valence electrons. The summed E-state index contributed by atoms with van der Waals surface area (Å²) in [5, 5.41) is 11.1. The Kier molecular flexibility index (Phi) is 5.20. The smallest absolute Gasteiger partial charge is 0.391 e. The van der Waals surface area contributed by atoms with Crippen LogP contribution in [0.5, 0.6) is 0 Å². The molecule has 0 bridgehead atoms. The molecule has 0 radical (unpaired) electrons. The van der Waals surface area contributed by atoms with Crippen LogP contribution in [0.2, 0.25) is 0 Å². The minimum absolute atomic E-state index is 0.0542. The number of hydrogen-bond donors (Lipinski definition) is 2. The van der Waals surface area contributed by atoms with E-state index in [1.807, 2.05) is 0 Å². The van der Waals surface area contributed by atoms with Crippen LogP contribution >= 0.6 is 0 Å². The van der Waals surface area contributed by atoms with Gasteiger partial charge in [-0.05, 0) is 19.3 Å². The molecule has 0 saturated heterocycles. The highest BCUT2D eigenvalue weighted by Gasteiger charge is 2.43. The molecule has 0 aliphatic heterocycles. The van der Waals surface area contributed by atoms with Crippen molar-refractivity contribution in [3.63, 3.8) is 0 Å². The molecule has 0 spiro atoms. The molecule has 1 fully saturated rings. The summed E-state index contributed by atoms with van der Waals surface area (Å²) < 4.78 is 37.8. The predicted molar refractivity (Wildman–Crippen MR) is 61.3 cm³/mol. The van der Waals surface area contributed by atoms with Crippen molar-refractivity contribution in [1.29, 1.82) is 0 Å². The molecule has 1 aliphatic carbocycles. The Morgan fingerprint density at radius 3 is 2.53 bits per heavy atom. The quantitative estimate of drug-likeness (QED) is 0.830. The first kappa shape index (κ1) is 15.8. The van der Waals surface area contributed by atoms with Gasteiger partial charge in [-0.15, -0.1) is 0 Å². The van der Waals surface area contributed by atoms with Crippen LogP contribution in [0.1, 0.15) is 32.6 Å². The highest BCUT2D eigenvalue weighted by molar-refractivity contribution is 5.79. The second-order valence-corrected chi connectivity index (χ2v) is 5.09. The Morgan fingerprint density at radius 2 is 2.00 bits per heavy atom. The first-order valence-electron chi connectivity index (χ1n) is 6.29. The largest absolute Gasteiger partial charge is 0.481 e. The zero-order valence-corrected chi connectivity index (χ0v) is 10.7. The topological polar surface area (TPSA) is 66.4 Å². The average molecular weight is 281 g/mol. The van der Waals surface area contributed by atoms with Gasteiger partial charge in [0.1, 0.15) is 0 Å². The van der Waals surface area contributed by atoms with E-state index in [9.17, 15) is 22.8 Å². The van der Waals surface area contributed by atoms with Crippen LogP contribution < -0.4 is 5.32 Å². The van der Waals surface area contributed by atoms with Crippen molar-refractivity contribution in [2.24, 2.45) is 17.8 Å². The van der Waals surface area contributed by atoms with Crippen LogP contribution in [-0.2, 0) is 9.59 Å². The number of hydrogen-bond acceptors (Lipinski definition) is 2. The lowest BCUT2D eigenvalue weighted by molar-refractivity contribution is -0.186. The highest BCUT2D eigenvalue weighted by Crippen LogP contribution is 2.39. The van der Waals surface area contributed by atoms with E-state index >= 15 is 0 Å². The van der Waals surface area contributed by atoms with Gasteiger partial charge in [-0.2, -0.15) is 13.2 Å². The third-order valence-corrected chi connectivity index (χ3v) is 3.51. The number of halogens is 3. The van der Waals surface area contributed by atoms with Gasteiger partial charge in [0.2, 0.25) is 5.91 Å². The van der Waals surface area contributed by atoms with Gasteiger partial charge in [-0.1, -0.05) is 13.3 Å². The van der Waals surface area contributed by atoms with Crippen molar-refractivity contribution in [2.75, 3.05) is 6.54 Å². The second-order valence-electron chi connectivity index (χ2n) is 5.09. The third kappa shape index (κ3) is 4.72. The summed E-state index contributed by atoms with van der Waals surface area (Å²) in [6, 6.07) is 0. The van der Waals surface area contributed by atoms with Crippen LogP contribution in [0.3, 0.4) is 0 Å². The summed E-state index contributed by atoms with van der Waals surface area (Å²) in [5.74, 6) is -4.35. The number of amides is 1. The predicted octanol–water partition coefficient (Wildman–Crippen LogP) is 2.19. The van der Waals surface area contributed by atoms with Gasteiger partial charge in [-0.25, -0.2) is 0 Å². The third-order valence-electron chi connectivity index (χ3n) is 3.51. The fraction of sp³-hybridized carbons (Fsp3) is 0.833. The van der Waals surface area contributed by atoms with Gasteiger partial charge in [0, 0.05) is 12.5 Å². The molecule has 4 nitrogen and oxygen atoms in total. The number of carbonyl (C=O) groups excluding carboxylic acids is 1. The number of aliphatic carboxylic acids is 1. The Hall–Kier alpha value is -1.27. The van der Waals surface area contributed by atoms with E-state index in [4.69, 9.17) is 5.11 Å². The van der Waals surface area contributed by atoms with Gasteiger partial charge >= 0.3 is 12.1 Å². The van der Waals surface area contributed by atoms with E-state index in [0.717, 1.165) is 0 Å². The standard InChI is InChI=1S/C12H18F3NO3/c1-7(11(18)19)6-16-10(17)8-3-2-4-9(5-8)12(13,14)15/h7-9H,2-6H2,1H3,(H,16,17)(H,18,19). The van der Waals surface area contributed by atoms with Crippen LogP contribution in [0.15, 0.2) is 0 Å². The summed E-state index contributed by atoms with van der Waals surface area (Å²) in [5.41, 5.74) is 0. The molecule has 1 aliphatic rings. The van der Waals surface area contributed by atoms with Crippen molar-refractivity contribution in [2.45, 2.75) is 38.8 Å². The Balaban J connectivity index is 2.46. The fourth-order valence-corrected chi connectivity index (χ4v) is 2.21. The Labute approximate surface area is 109 Å². The van der Waals surface area contributed by atoms with Gasteiger partial charge < -0.3 is 10.4 Å². The van der Waals surface area contributed by atoms with E-state index in [1.54, 1.807) is 0 Å². The maximum absolute atomic E-state index is 12.6. The molecular weight excluding hydrogens is 263 g/mol. The first-order chi connectivity index (χ1) is 8.71. The van der Waals surface area contributed by atoms with E-state index in [-0.39, 0.29) is 19.4 Å². The zero-order chi connectivity index (χ0) is 14.6. The second kappa shape index (κ2) is 6.25. The highest BCUT2D eigenvalue weighted by atomic mass is 19.4. The molecule has 0 aromatic heterocycles. The summed E-state index contributed by atoms with van der Waals surface area (Å²) in [6.07, 6.45) is -3.58. The number of rotatable bonds is 4. The van der Waals surface area contributed by atoms with Gasteiger partial charge in [0.05, 0.1) is 11.8 Å². The van der Waals surface area contributed by atoms with Crippen LogP contribution in [0.25, 0.3) is 0 Å². The van der Waals surface area contributed by atoms with Crippen LogP contribution in [0.4, 0.5) is 13.2 Å². The van der Waals surface area contributed by atoms with Crippen LogP contribution in [-0.4, -0.2) is 29.7 Å². The fourth-order valence-electron chi connectivity index (χ4n) is 2.21. The summed E-state index contributed by atoms with van der Waals surface area (Å²) in [6.45, 7) is 1.38. The van der Waals surface area contributed by atoms with E-state index in [1.165, 1.54) is 6.92 Å². The molecule has 2 N–H and O–H groups in total. The van der Waals surface area contributed by atoms with Crippen molar-refractivity contribution >= 4 is 11.9 Å². The van der Waals surface area contributed by atoms with Gasteiger partial charge in [0.25, 0.3) is 0 Å². The van der Waals surface area contributed by atoms with E-state index in [2.05, 4.69) is 5.32 Å². The molecule has 19 heavy (non-hydrogen) atoms. The number of carboxylic acid groups (broad SMARTS) is 1. The molecule has 7 heteroatoms. The lowest BCUT2D eigenvalue weighted by Gasteiger charge is -2.29. The van der Waals surface area contributed by atoms with Gasteiger partial charge in [-0.3, -0.25) is 9.59 Å². The molecule has 1 amide bonds. The molecular formula is C12H18F3NO3. The molecule has 0 aromatic carbocycles. The molecule has 3 unspecified atom stereocenters. The Bertz CT molecular complexity index is 344. The van der Waals surface area contributed by atoms with Crippen molar-refractivity contribution in [1.82, 2.24) is 5.32 Å². The molecule has 1 rings (SSSR count). The van der Waals surface area contributed by atoms with Crippen molar-refractivity contribution in [3.05, 3.63) is 0 Å². The lowest BCUT2D eigenvalue weighted by atomic mass is 9.80. The first-order valence-corrected chi connectivity index (χ1v) is 6.29. The maximum Gasteiger partial charge on any atom is 0.391 e. The monoisotopic (exact) mass is 281 g/mol. The van der Waals surface area contributed by atoms with E-state index < -0.39 is 35.8 Å². The van der Waals surface area contributed by atoms with E-state index in [0.29, 0.717) is 12.8 Å². The van der Waals surface area contributed by atoms with Crippen molar-refractivity contribution < 1.29 is 27.9 Å².